The molecule has 1 aromatic rings. The highest BCUT2D eigenvalue weighted by molar-refractivity contribution is 6.24. The molecule has 4 rings (SSSR count). The number of hydrogen-bond donors (Lipinski definition) is 7. The van der Waals surface area contributed by atoms with Crippen molar-refractivity contribution in [2.24, 2.45) is 17.6 Å². The summed E-state index contributed by atoms with van der Waals surface area (Å²) < 4.78 is 0. The summed E-state index contributed by atoms with van der Waals surface area (Å²) in [5.74, 6) is -6.74. The van der Waals surface area contributed by atoms with E-state index in [1.807, 2.05) is 11.8 Å². The summed E-state index contributed by atoms with van der Waals surface area (Å²) in [5.41, 5.74) is 3.32. The molecule has 1 aromatic carbocycles. The summed E-state index contributed by atoms with van der Waals surface area (Å²) in [6, 6.07) is 0.681. The lowest BCUT2D eigenvalue weighted by Gasteiger charge is -2.50. The number of phenols is 1. The highest BCUT2D eigenvalue weighted by atomic mass is 16.3. The Morgan fingerprint density at radius 3 is 2.40 bits per heavy atom. The first-order chi connectivity index (χ1) is 18.7. The van der Waals surface area contributed by atoms with Gasteiger partial charge in [-0.2, -0.15) is 0 Å². The van der Waals surface area contributed by atoms with Crippen molar-refractivity contribution < 1.29 is 39.9 Å². The summed E-state index contributed by atoms with van der Waals surface area (Å²) in [6.45, 7) is 2.07. The number of primary amides is 1. The lowest BCUT2D eigenvalue weighted by atomic mass is 9.58. The van der Waals surface area contributed by atoms with Gasteiger partial charge >= 0.3 is 0 Å². The van der Waals surface area contributed by atoms with Crippen molar-refractivity contribution in [2.75, 3.05) is 39.7 Å². The minimum Gasteiger partial charge on any atom is -0.510 e. The van der Waals surface area contributed by atoms with Crippen molar-refractivity contribution in [1.82, 2.24) is 10.2 Å². The number of anilines is 1. The maximum atomic E-state index is 14.0. The van der Waals surface area contributed by atoms with Crippen molar-refractivity contribution >= 4 is 23.2 Å². The normalized spacial score (nSPS) is 26.9. The van der Waals surface area contributed by atoms with Crippen LogP contribution in [0.4, 0.5) is 5.69 Å². The van der Waals surface area contributed by atoms with E-state index >= 15 is 0 Å². The molecule has 0 saturated heterocycles. The third-order valence-corrected chi connectivity index (χ3v) is 8.46. The van der Waals surface area contributed by atoms with Crippen LogP contribution in [0, 0.1) is 11.8 Å². The van der Waals surface area contributed by atoms with Crippen LogP contribution < -0.4 is 16.0 Å². The van der Waals surface area contributed by atoms with Gasteiger partial charge in [-0.3, -0.25) is 19.3 Å². The molecular weight excluding hydrogens is 520 g/mol. The standard InChI is InChI=1S/C28H38N4O8/c1-12(6-7-33)30-11-14-10-17(31(2)3)15-8-13-9-16-21(32(4)5)24(36)20(27(29)39)26(38)28(16,40)25(37)18(13)23(35)19(15)22(14)34/h10,12-13,16,21,30,33-34,36-37,40H,6-9,11H2,1-5H3,(H2,29,39). The van der Waals surface area contributed by atoms with Crippen LogP contribution in [0.2, 0.25) is 0 Å². The third kappa shape index (κ3) is 4.35. The van der Waals surface area contributed by atoms with Crippen LogP contribution in [0.15, 0.2) is 28.7 Å². The molecule has 8 N–H and O–H groups in total. The van der Waals surface area contributed by atoms with Gasteiger partial charge in [-0.05, 0) is 57.8 Å². The van der Waals surface area contributed by atoms with E-state index in [0.717, 1.165) is 0 Å². The van der Waals surface area contributed by atoms with Gasteiger partial charge in [-0.15, -0.1) is 0 Å². The van der Waals surface area contributed by atoms with E-state index < -0.39 is 58.0 Å². The number of aromatic hydroxyl groups is 1. The lowest BCUT2D eigenvalue weighted by Crippen LogP contribution is -2.63. The van der Waals surface area contributed by atoms with E-state index in [0.29, 0.717) is 23.2 Å². The van der Waals surface area contributed by atoms with Crippen LogP contribution in [0.1, 0.15) is 41.3 Å². The highest BCUT2D eigenvalue weighted by Gasteiger charge is 2.63. The molecule has 3 aliphatic rings. The average molecular weight is 559 g/mol. The quantitative estimate of drug-likeness (QED) is 0.213. The van der Waals surface area contributed by atoms with Crippen LogP contribution in [0.3, 0.4) is 0 Å². The van der Waals surface area contributed by atoms with E-state index in [1.165, 1.54) is 4.90 Å². The molecule has 5 unspecified atom stereocenters. The molecule has 12 heteroatoms. The Labute approximate surface area is 232 Å². The summed E-state index contributed by atoms with van der Waals surface area (Å²) in [5, 5.41) is 57.8. The van der Waals surface area contributed by atoms with Gasteiger partial charge in [-0.25, -0.2) is 0 Å². The highest BCUT2D eigenvalue weighted by Crippen LogP contribution is 2.53. The number of phenolic OH excluding ortho intramolecular Hbond substituents is 1. The number of Topliss-reactive ketones (excluding diaryl/α,β-unsaturated/α-hetero) is 2. The first-order valence-corrected chi connectivity index (χ1v) is 13.2. The maximum Gasteiger partial charge on any atom is 0.255 e. The van der Waals surface area contributed by atoms with Gasteiger partial charge in [0.25, 0.3) is 5.91 Å². The Hall–Kier alpha value is -3.45. The largest absolute Gasteiger partial charge is 0.510 e. The molecule has 1 amide bonds. The first kappa shape index (κ1) is 29.5. The van der Waals surface area contributed by atoms with Crippen LogP contribution >= 0.6 is 0 Å². The Kier molecular flexibility index (Phi) is 7.76. The molecule has 3 aliphatic carbocycles. The van der Waals surface area contributed by atoms with Gasteiger partial charge in [0.2, 0.25) is 5.78 Å². The zero-order valence-corrected chi connectivity index (χ0v) is 23.4. The van der Waals surface area contributed by atoms with Crippen molar-refractivity contribution in [3.63, 3.8) is 0 Å². The number of carbonyl (C=O) groups excluding carboxylic acids is 3. The number of ketones is 2. The molecule has 0 aromatic heterocycles. The number of hydrogen-bond acceptors (Lipinski definition) is 11. The van der Waals surface area contributed by atoms with Gasteiger partial charge < -0.3 is 41.5 Å². The first-order valence-electron chi connectivity index (χ1n) is 13.2. The Morgan fingerprint density at radius 2 is 1.85 bits per heavy atom. The van der Waals surface area contributed by atoms with E-state index in [2.05, 4.69) is 5.32 Å². The number of aliphatic hydroxyl groups excluding tert-OH is 3. The number of fused-ring (bicyclic) bond motifs is 3. The number of amides is 1. The number of nitrogens with two attached hydrogens (primary N) is 1. The topological polar surface area (TPSA) is 197 Å². The Bertz CT molecular complexity index is 1330. The number of likely N-dealkylation sites (N-methyl/N-ethyl adjacent to an activating group) is 1. The number of benzene rings is 1. The molecule has 0 heterocycles. The second kappa shape index (κ2) is 10.5. The number of nitrogens with one attached hydrogen (secondary N) is 1. The minimum atomic E-state index is -2.68. The number of allylic oxidation sites excluding steroid dienone is 1. The van der Waals surface area contributed by atoms with Crippen molar-refractivity contribution in [3.05, 3.63) is 45.4 Å². The Morgan fingerprint density at radius 1 is 1.20 bits per heavy atom. The lowest BCUT2D eigenvalue weighted by molar-refractivity contribution is -0.148. The summed E-state index contributed by atoms with van der Waals surface area (Å²) in [6.07, 6.45) is 0.734. The van der Waals surface area contributed by atoms with Crippen LogP contribution in [0.25, 0.3) is 0 Å². The number of rotatable bonds is 8. The van der Waals surface area contributed by atoms with Crippen LogP contribution in [-0.2, 0) is 22.6 Å². The van der Waals surface area contributed by atoms with Crippen molar-refractivity contribution in [2.45, 2.75) is 50.4 Å². The molecule has 0 saturated carbocycles. The molecule has 0 bridgehead atoms. The predicted octanol–water partition coefficient (Wildman–Crippen LogP) is 0.0471. The van der Waals surface area contributed by atoms with Gasteiger partial charge in [-0.1, -0.05) is 0 Å². The molecule has 0 fully saturated rings. The number of nitrogens with zero attached hydrogens (tertiary/aromatic N) is 2. The second-order valence-corrected chi connectivity index (χ2v) is 11.4. The third-order valence-electron chi connectivity index (χ3n) is 8.46. The molecule has 5 atom stereocenters. The van der Waals surface area contributed by atoms with Gasteiger partial charge in [0.15, 0.2) is 11.4 Å². The molecule has 12 nitrogen and oxygen atoms in total. The fraction of sp³-hybridized carbons (Fsp3) is 0.536. The second-order valence-electron chi connectivity index (χ2n) is 11.4. The summed E-state index contributed by atoms with van der Waals surface area (Å²) in [4.78, 5) is 42.9. The maximum absolute atomic E-state index is 14.0. The summed E-state index contributed by atoms with van der Waals surface area (Å²) >= 11 is 0. The van der Waals surface area contributed by atoms with Crippen LogP contribution in [0.5, 0.6) is 5.75 Å². The zero-order valence-electron chi connectivity index (χ0n) is 23.4. The average Bonchev–Trinajstić information content (AvgIpc) is 2.85. The fourth-order valence-corrected chi connectivity index (χ4v) is 6.47. The fourth-order valence-electron chi connectivity index (χ4n) is 6.47. The molecule has 0 aliphatic heterocycles. The van der Waals surface area contributed by atoms with Crippen molar-refractivity contribution in [3.8, 4) is 5.75 Å². The van der Waals surface area contributed by atoms with Gasteiger partial charge in [0, 0.05) is 56.0 Å². The summed E-state index contributed by atoms with van der Waals surface area (Å²) in [7, 11) is 6.79. The van der Waals surface area contributed by atoms with E-state index in [1.54, 1.807) is 34.3 Å². The van der Waals surface area contributed by atoms with Gasteiger partial charge in [0.05, 0.1) is 11.6 Å². The molecule has 0 radical (unpaired) electrons. The van der Waals surface area contributed by atoms with E-state index in [-0.39, 0.29) is 48.9 Å². The van der Waals surface area contributed by atoms with Crippen LogP contribution in [-0.4, -0.2) is 100 Å². The molecule has 40 heavy (non-hydrogen) atoms. The smallest absolute Gasteiger partial charge is 0.255 e. The van der Waals surface area contributed by atoms with Gasteiger partial charge in [0.1, 0.15) is 22.8 Å². The van der Waals surface area contributed by atoms with E-state index in [4.69, 9.17) is 5.73 Å². The number of aliphatic hydroxyl groups is 4. The zero-order chi connectivity index (χ0) is 29.8. The Balaban J connectivity index is 1.90. The molecule has 0 spiro atoms. The number of carbonyl (C=O) groups is 3. The minimum absolute atomic E-state index is 0.0116. The van der Waals surface area contributed by atoms with E-state index in [9.17, 15) is 39.9 Å². The molecular formula is C28H38N4O8. The SMILES string of the molecule is CC(CCO)NCc1cc(N(C)C)c2c(c1O)C(=O)C1=C(O)C3(O)C(=O)C(C(N)=O)=C(O)C(N(C)C)C3CC1C2. The monoisotopic (exact) mass is 558 g/mol. The van der Waals surface area contributed by atoms with Crippen molar-refractivity contribution in [1.29, 1.82) is 0 Å². The molecule has 218 valence electrons. The predicted molar refractivity (Wildman–Crippen MR) is 146 cm³/mol.